The third kappa shape index (κ3) is 3.37. The van der Waals surface area contributed by atoms with E-state index in [0.717, 1.165) is 11.8 Å². The van der Waals surface area contributed by atoms with Crippen molar-refractivity contribution in [1.29, 1.82) is 0 Å². The maximum absolute atomic E-state index is 2.46. The molecule has 1 fully saturated rings. The number of hydrogen-bond acceptors (Lipinski definition) is 0. The fraction of sp³-hybridized carbons (Fsp3) is 0.667. The van der Waals surface area contributed by atoms with Gasteiger partial charge in [0.1, 0.15) is 0 Å². The van der Waals surface area contributed by atoms with Crippen molar-refractivity contribution < 1.29 is 0 Å². The molecule has 0 aromatic heterocycles. The van der Waals surface area contributed by atoms with Crippen molar-refractivity contribution in [3.05, 3.63) is 35.4 Å². The quantitative estimate of drug-likeness (QED) is 0.622. The Morgan fingerprint density at radius 1 is 1.11 bits per heavy atom. The summed E-state index contributed by atoms with van der Waals surface area (Å²) in [4.78, 5) is 0. The zero-order valence-electron chi connectivity index (χ0n) is 12.1. The molecular weight excluding hydrogens is 216 g/mol. The number of benzene rings is 1. The Morgan fingerprint density at radius 2 is 1.83 bits per heavy atom. The summed E-state index contributed by atoms with van der Waals surface area (Å²) in [5, 5.41) is 0. The molecular formula is C18H28. The number of hydrogen-bond donors (Lipinski definition) is 0. The average Bonchev–Trinajstić information content (AvgIpc) is 2.45. The molecule has 1 aliphatic carbocycles. The molecule has 0 saturated heterocycles. The largest absolute Gasteiger partial charge is 0.0654 e. The van der Waals surface area contributed by atoms with Crippen LogP contribution in [0.25, 0.3) is 0 Å². The van der Waals surface area contributed by atoms with Crippen LogP contribution in [-0.2, 0) is 6.42 Å². The first kappa shape index (κ1) is 13.6. The van der Waals surface area contributed by atoms with Gasteiger partial charge in [-0.05, 0) is 48.6 Å². The van der Waals surface area contributed by atoms with Gasteiger partial charge in [-0.1, -0.05) is 63.8 Å². The monoisotopic (exact) mass is 244 g/mol. The Balaban J connectivity index is 2.10. The summed E-state index contributed by atoms with van der Waals surface area (Å²) in [5.74, 6) is 1.69. The van der Waals surface area contributed by atoms with E-state index in [1.54, 1.807) is 11.1 Å². The van der Waals surface area contributed by atoms with Crippen LogP contribution in [0.15, 0.2) is 24.3 Å². The van der Waals surface area contributed by atoms with Gasteiger partial charge < -0.3 is 0 Å². The molecule has 0 aliphatic heterocycles. The normalized spacial score (nSPS) is 18.8. The lowest BCUT2D eigenvalue weighted by molar-refractivity contribution is 0.315. The molecule has 100 valence electrons. The summed E-state index contributed by atoms with van der Waals surface area (Å²) in [7, 11) is 0. The summed E-state index contributed by atoms with van der Waals surface area (Å²) in [6.07, 6.45) is 11.1. The molecule has 0 amide bonds. The molecule has 1 aromatic carbocycles. The Morgan fingerprint density at radius 3 is 2.56 bits per heavy atom. The standard InChI is InChI=1S/C18H28/c1-3-4-10-17-13-8-9-14-18(17)15(2)16-11-6-5-7-12-16/h8-9,13-16H,3-7,10-12H2,1-2H3. The maximum atomic E-state index is 2.46. The molecule has 0 N–H and O–H groups in total. The minimum absolute atomic E-state index is 0.762. The van der Waals surface area contributed by atoms with E-state index in [4.69, 9.17) is 0 Å². The highest BCUT2D eigenvalue weighted by atomic mass is 14.3. The molecule has 0 spiro atoms. The van der Waals surface area contributed by atoms with Crippen LogP contribution in [0, 0.1) is 5.92 Å². The zero-order valence-corrected chi connectivity index (χ0v) is 12.1. The van der Waals surface area contributed by atoms with Gasteiger partial charge in [-0.2, -0.15) is 0 Å². The van der Waals surface area contributed by atoms with E-state index >= 15 is 0 Å². The summed E-state index contributed by atoms with van der Waals surface area (Å²) < 4.78 is 0. The van der Waals surface area contributed by atoms with E-state index in [9.17, 15) is 0 Å². The first-order valence-electron chi connectivity index (χ1n) is 7.90. The molecule has 0 heteroatoms. The predicted molar refractivity (Wildman–Crippen MR) is 80.0 cm³/mol. The van der Waals surface area contributed by atoms with E-state index in [2.05, 4.69) is 38.1 Å². The van der Waals surface area contributed by atoms with E-state index < -0.39 is 0 Å². The van der Waals surface area contributed by atoms with Gasteiger partial charge in [0.05, 0.1) is 0 Å². The molecule has 2 rings (SSSR count). The third-order valence-electron chi connectivity index (χ3n) is 4.70. The van der Waals surface area contributed by atoms with Crippen molar-refractivity contribution in [3.8, 4) is 0 Å². The van der Waals surface area contributed by atoms with Crippen LogP contribution in [0.2, 0.25) is 0 Å². The SMILES string of the molecule is CCCCc1ccccc1C(C)C1CCCCC1. The molecule has 1 aromatic rings. The Kier molecular flexibility index (Phi) is 5.28. The van der Waals surface area contributed by atoms with Crippen molar-refractivity contribution in [2.24, 2.45) is 5.92 Å². The van der Waals surface area contributed by atoms with Crippen LogP contribution >= 0.6 is 0 Å². The van der Waals surface area contributed by atoms with Gasteiger partial charge in [0.15, 0.2) is 0 Å². The first-order valence-corrected chi connectivity index (χ1v) is 7.90. The second-order valence-electron chi connectivity index (χ2n) is 5.99. The average molecular weight is 244 g/mol. The van der Waals surface area contributed by atoms with Gasteiger partial charge in [-0.15, -0.1) is 0 Å². The summed E-state index contributed by atoms with van der Waals surface area (Å²) in [6.45, 7) is 4.74. The number of rotatable bonds is 5. The summed E-state index contributed by atoms with van der Waals surface area (Å²) in [6, 6.07) is 9.17. The summed E-state index contributed by atoms with van der Waals surface area (Å²) >= 11 is 0. The van der Waals surface area contributed by atoms with E-state index in [-0.39, 0.29) is 0 Å². The lowest BCUT2D eigenvalue weighted by atomic mass is 9.76. The fourth-order valence-corrected chi connectivity index (χ4v) is 3.46. The Hall–Kier alpha value is -0.780. The van der Waals surface area contributed by atoms with Crippen molar-refractivity contribution in [3.63, 3.8) is 0 Å². The van der Waals surface area contributed by atoms with Crippen molar-refractivity contribution in [2.45, 2.75) is 71.1 Å². The fourth-order valence-electron chi connectivity index (χ4n) is 3.46. The molecule has 0 nitrogen and oxygen atoms in total. The highest BCUT2D eigenvalue weighted by Gasteiger charge is 2.22. The molecule has 0 bridgehead atoms. The minimum atomic E-state index is 0.762. The van der Waals surface area contributed by atoms with Gasteiger partial charge in [-0.25, -0.2) is 0 Å². The van der Waals surface area contributed by atoms with Crippen LogP contribution in [0.3, 0.4) is 0 Å². The van der Waals surface area contributed by atoms with E-state index in [1.807, 2.05) is 0 Å². The lowest BCUT2D eigenvalue weighted by Gasteiger charge is -2.29. The maximum Gasteiger partial charge on any atom is -0.0159 e. The van der Waals surface area contributed by atoms with Crippen LogP contribution < -0.4 is 0 Å². The Bertz CT molecular complexity index is 347. The van der Waals surface area contributed by atoms with Crippen LogP contribution in [0.4, 0.5) is 0 Å². The first-order chi connectivity index (χ1) is 8.83. The third-order valence-corrected chi connectivity index (χ3v) is 4.70. The van der Waals surface area contributed by atoms with Gasteiger partial charge in [0.2, 0.25) is 0 Å². The highest BCUT2D eigenvalue weighted by Crippen LogP contribution is 2.37. The molecule has 0 radical (unpaired) electrons. The predicted octanol–water partition coefficient (Wildman–Crippen LogP) is 5.71. The molecule has 0 heterocycles. The molecule has 1 unspecified atom stereocenters. The smallest absolute Gasteiger partial charge is 0.0159 e. The number of aryl methyl sites for hydroxylation is 1. The van der Waals surface area contributed by atoms with Gasteiger partial charge in [0, 0.05) is 0 Å². The Labute approximate surface area is 113 Å². The zero-order chi connectivity index (χ0) is 12.8. The van der Waals surface area contributed by atoms with Crippen LogP contribution in [0.5, 0.6) is 0 Å². The van der Waals surface area contributed by atoms with Crippen LogP contribution in [-0.4, -0.2) is 0 Å². The van der Waals surface area contributed by atoms with Crippen molar-refractivity contribution in [2.75, 3.05) is 0 Å². The van der Waals surface area contributed by atoms with E-state index in [0.29, 0.717) is 0 Å². The van der Waals surface area contributed by atoms with Gasteiger partial charge >= 0.3 is 0 Å². The highest BCUT2D eigenvalue weighted by molar-refractivity contribution is 5.30. The molecule has 1 aliphatic rings. The van der Waals surface area contributed by atoms with Gasteiger partial charge in [-0.3, -0.25) is 0 Å². The molecule has 1 saturated carbocycles. The minimum Gasteiger partial charge on any atom is -0.0654 e. The second kappa shape index (κ2) is 6.97. The molecule has 1 atom stereocenters. The van der Waals surface area contributed by atoms with Crippen molar-refractivity contribution >= 4 is 0 Å². The van der Waals surface area contributed by atoms with Crippen LogP contribution in [0.1, 0.15) is 75.8 Å². The topological polar surface area (TPSA) is 0 Å². The summed E-state index contributed by atoms with van der Waals surface area (Å²) in [5.41, 5.74) is 3.25. The molecule has 18 heavy (non-hydrogen) atoms. The van der Waals surface area contributed by atoms with E-state index in [1.165, 1.54) is 51.4 Å². The second-order valence-corrected chi connectivity index (χ2v) is 5.99. The lowest BCUT2D eigenvalue weighted by Crippen LogP contribution is -2.15. The number of unbranched alkanes of at least 4 members (excludes halogenated alkanes) is 1. The van der Waals surface area contributed by atoms with Gasteiger partial charge in [0.25, 0.3) is 0 Å². The van der Waals surface area contributed by atoms with Crippen molar-refractivity contribution in [1.82, 2.24) is 0 Å².